The molecule has 0 radical (unpaired) electrons. The average molecular weight is 275 g/mol. The molecule has 3 N–H and O–H groups in total. The van der Waals surface area contributed by atoms with Gasteiger partial charge in [-0.3, -0.25) is 4.79 Å². The molecule has 0 atom stereocenters. The van der Waals surface area contributed by atoms with Gasteiger partial charge in [-0.25, -0.2) is 0 Å². The topological polar surface area (TPSA) is 58.4 Å². The van der Waals surface area contributed by atoms with Crippen LogP contribution in [0, 0.1) is 6.92 Å². The number of hydrogen-bond acceptors (Lipinski definition) is 3. The van der Waals surface area contributed by atoms with E-state index in [0.29, 0.717) is 17.8 Å². The number of benzene rings is 1. The average Bonchev–Trinajstić information content (AvgIpc) is 2.89. The zero-order chi connectivity index (χ0) is 14.8. The minimum Gasteiger partial charge on any atom is -0.398 e. The number of aryl methyl sites for hydroxylation is 1. The molecule has 4 heteroatoms. The normalized spacial score (nSPS) is 17.4. The summed E-state index contributed by atoms with van der Waals surface area (Å²) in [6.45, 7) is 2.64. The molecule has 0 bridgehead atoms. The van der Waals surface area contributed by atoms with Crippen LogP contribution in [0.4, 0.5) is 5.69 Å². The van der Waals surface area contributed by atoms with E-state index in [2.05, 4.69) is 24.3 Å². The lowest BCUT2D eigenvalue weighted by molar-refractivity contribution is 0.0900. The van der Waals surface area contributed by atoms with Crippen LogP contribution in [0.3, 0.4) is 0 Å². The number of nitrogens with zero attached hydrogens (tertiary/aromatic N) is 1. The Morgan fingerprint density at radius 2 is 2.00 bits per heavy atom. The van der Waals surface area contributed by atoms with E-state index in [-0.39, 0.29) is 11.4 Å². The standard InChI is InChI=1S/C16H25N3O/c1-12-6-7-13(10-14(12)17)15(20)18-11-16(19(2)3)8-4-5-9-16/h6-7,10H,4-5,8-9,11,17H2,1-3H3,(H,18,20). The Bertz CT molecular complexity index is 490. The molecule has 20 heavy (non-hydrogen) atoms. The Labute approximate surface area is 121 Å². The van der Waals surface area contributed by atoms with Crippen LogP contribution in [0.5, 0.6) is 0 Å². The largest absolute Gasteiger partial charge is 0.398 e. The Morgan fingerprint density at radius 1 is 1.35 bits per heavy atom. The van der Waals surface area contributed by atoms with E-state index in [4.69, 9.17) is 5.73 Å². The van der Waals surface area contributed by atoms with Crippen LogP contribution >= 0.6 is 0 Å². The fraction of sp³-hybridized carbons (Fsp3) is 0.562. The first-order valence-corrected chi connectivity index (χ1v) is 7.26. The Hall–Kier alpha value is -1.55. The zero-order valence-corrected chi connectivity index (χ0v) is 12.7. The SMILES string of the molecule is Cc1ccc(C(=O)NCC2(N(C)C)CCCC2)cc1N. The van der Waals surface area contributed by atoms with Gasteiger partial charge in [0.05, 0.1) is 0 Å². The summed E-state index contributed by atoms with van der Waals surface area (Å²) in [5, 5.41) is 3.07. The maximum Gasteiger partial charge on any atom is 0.251 e. The maximum absolute atomic E-state index is 12.2. The second-order valence-electron chi connectivity index (χ2n) is 6.08. The molecule has 1 aliphatic carbocycles. The monoisotopic (exact) mass is 275 g/mol. The van der Waals surface area contributed by atoms with Gasteiger partial charge in [-0.2, -0.15) is 0 Å². The van der Waals surface area contributed by atoms with E-state index in [1.807, 2.05) is 19.1 Å². The summed E-state index contributed by atoms with van der Waals surface area (Å²) in [5.41, 5.74) is 8.29. The molecule has 1 aromatic carbocycles. The van der Waals surface area contributed by atoms with Gasteiger partial charge in [-0.05, 0) is 51.6 Å². The van der Waals surface area contributed by atoms with E-state index < -0.39 is 0 Å². The third-order valence-corrected chi connectivity index (χ3v) is 4.60. The number of nitrogens with one attached hydrogen (secondary N) is 1. The van der Waals surface area contributed by atoms with E-state index in [9.17, 15) is 4.79 Å². The fourth-order valence-corrected chi connectivity index (χ4v) is 2.94. The number of hydrogen-bond donors (Lipinski definition) is 2. The van der Waals surface area contributed by atoms with Crippen molar-refractivity contribution < 1.29 is 4.79 Å². The van der Waals surface area contributed by atoms with Crippen molar-refractivity contribution in [1.29, 1.82) is 0 Å². The van der Waals surface area contributed by atoms with Crippen LogP contribution in [0.2, 0.25) is 0 Å². The highest BCUT2D eigenvalue weighted by atomic mass is 16.1. The first-order chi connectivity index (χ1) is 9.44. The predicted molar refractivity (Wildman–Crippen MR) is 82.8 cm³/mol. The third kappa shape index (κ3) is 2.96. The molecule has 1 fully saturated rings. The number of amides is 1. The quantitative estimate of drug-likeness (QED) is 0.828. The van der Waals surface area contributed by atoms with Gasteiger partial charge in [-0.15, -0.1) is 0 Å². The Balaban J connectivity index is 2.02. The summed E-state index contributed by atoms with van der Waals surface area (Å²) in [7, 11) is 4.20. The second-order valence-corrected chi connectivity index (χ2v) is 6.08. The summed E-state index contributed by atoms with van der Waals surface area (Å²) >= 11 is 0. The van der Waals surface area contributed by atoms with Crippen molar-refractivity contribution in [3.8, 4) is 0 Å². The summed E-state index contributed by atoms with van der Waals surface area (Å²) < 4.78 is 0. The van der Waals surface area contributed by atoms with Crippen LogP contribution in [0.1, 0.15) is 41.6 Å². The van der Waals surface area contributed by atoms with Crippen LogP contribution in [-0.4, -0.2) is 37.0 Å². The van der Waals surface area contributed by atoms with Crippen molar-refractivity contribution in [1.82, 2.24) is 10.2 Å². The highest BCUT2D eigenvalue weighted by molar-refractivity contribution is 5.95. The molecule has 1 amide bonds. The Morgan fingerprint density at radius 3 is 2.55 bits per heavy atom. The minimum absolute atomic E-state index is 0.0372. The summed E-state index contributed by atoms with van der Waals surface area (Å²) in [6.07, 6.45) is 4.78. The lowest BCUT2D eigenvalue weighted by Crippen LogP contribution is -2.50. The van der Waals surface area contributed by atoms with Crippen LogP contribution < -0.4 is 11.1 Å². The first-order valence-electron chi connectivity index (χ1n) is 7.26. The highest BCUT2D eigenvalue weighted by Gasteiger charge is 2.36. The lowest BCUT2D eigenvalue weighted by Gasteiger charge is -2.36. The molecule has 4 nitrogen and oxygen atoms in total. The summed E-state index contributed by atoms with van der Waals surface area (Å²) in [6, 6.07) is 5.47. The molecule has 0 aromatic heterocycles. The molecule has 1 aromatic rings. The molecule has 1 aliphatic rings. The minimum atomic E-state index is -0.0372. The number of anilines is 1. The number of likely N-dealkylation sites (N-methyl/N-ethyl adjacent to an activating group) is 1. The van der Waals surface area contributed by atoms with E-state index in [0.717, 1.165) is 18.4 Å². The molecule has 2 rings (SSSR count). The maximum atomic E-state index is 12.2. The van der Waals surface area contributed by atoms with E-state index in [1.54, 1.807) is 6.07 Å². The molecule has 0 aliphatic heterocycles. The number of rotatable bonds is 4. The van der Waals surface area contributed by atoms with Gasteiger partial charge >= 0.3 is 0 Å². The number of carbonyl (C=O) groups excluding carboxylic acids is 1. The summed E-state index contributed by atoms with van der Waals surface area (Å²) in [5.74, 6) is -0.0372. The van der Waals surface area contributed by atoms with E-state index in [1.165, 1.54) is 12.8 Å². The second kappa shape index (κ2) is 5.83. The first kappa shape index (κ1) is 14.9. The zero-order valence-electron chi connectivity index (χ0n) is 12.7. The fourth-order valence-electron chi connectivity index (χ4n) is 2.94. The van der Waals surface area contributed by atoms with Crippen molar-refractivity contribution in [2.45, 2.75) is 38.1 Å². The number of nitrogens with two attached hydrogens (primary N) is 1. The lowest BCUT2D eigenvalue weighted by atomic mass is 9.96. The van der Waals surface area contributed by atoms with Crippen molar-refractivity contribution in [2.75, 3.05) is 26.4 Å². The van der Waals surface area contributed by atoms with E-state index >= 15 is 0 Å². The van der Waals surface area contributed by atoms with Gasteiger partial charge < -0.3 is 16.0 Å². The van der Waals surface area contributed by atoms with Crippen molar-refractivity contribution in [3.05, 3.63) is 29.3 Å². The highest BCUT2D eigenvalue weighted by Crippen LogP contribution is 2.33. The molecule has 0 spiro atoms. The molecule has 110 valence electrons. The van der Waals surface area contributed by atoms with Crippen LogP contribution in [0.25, 0.3) is 0 Å². The Kier molecular flexibility index (Phi) is 4.33. The molecular weight excluding hydrogens is 250 g/mol. The third-order valence-electron chi connectivity index (χ3n) is 4.60. The summed E-state index contributed by atoms with van der Waals surface area (Å²) in [4.78, 5) is 14.5. The van der Waals surface area contributed by atoms with Gasteiger partial charge in [0.25, 0.3) is 5.91 Å². The number of nitrogen functional groups attached to an aromatic ring is 1. The van der Waals surface area contributed by atoms with Gasteiger partial charge in [-0.1, -0.05) is 18.9 Å². The van der Waals surface area contributed by atoms with Gasteiger partial charge in [0.1, 0.15) is 0 Å². The van der Waals surface area contributed by atoms with Crippen molar-refractivity contribution >= 4 is 11.6 Å². The van der Waals surface area contributed by atoms with Gasteiger partial charge in [0.15, 0.2) is 0 Å². The molecule has 1 saturated carbocycles. The predicted octanol–water partition coefficient (Wildman–Crippen LogP) is 2.18. The molecule has 0 saturated heterocycles. The molecule has 0 heterocycles. The van der Waals surface area contributed by atoms with Gasteiger partial charge in [0.2, 0.25) is 0 Å². The van der Waals surface area contributed by atoms with Crippen molar-refractivity contribution in [3.63, 3.8) is 0 Å². The van der Waals surface area contributed by atoms with Crippen LogP contribution in [-0.2, 0) is 0 Å². The smallest absolute Gasteiger partial charge is 0.251 e. The number of carbonyl (C=O) groups is 1. The molecular formula is C16H25N3O. The van der Waals surface area contributed by atoms with Crippen molar-refractivity contribution in [2.24, 2.45) is 0 Å². The molecule has 0 unspecified atom stereocenters. The van der Waals surface area contributed by atoms with Crippen LogP contribution in [0.15, 0.2) is 18.2 Å². The van der Waals surface area contributed by atoms with Gasteiger partial charge in [0, 0.05) is 23.3 Å².